The number of nitrogens with one attached hydrogen (secondary N) is 4. The van der Waals surface area contributed by atoms with Crippen molar-refractivity contribution in [2.75, 3.05) is 18.6 Å². The number of aromatic amines is 1. The third-order valence-corrected chi connectivity index (χ3v) is 6.69. The Labute approximate surface area is 242 Å². The van der Waals surface area contributed by atoms with E-state index < -0.39 is 47.9 Å². The first-order chi connectivity index (χ1) is 19.6. The molecule has 0 aliphatic heterocycles. The Balaban J connectivity index is 2.14. The van der Waals surface area contributed by atoms with Gasteiger partial charge in [-0.05, 0) is 36.8 Å². The molecule has 2 aromatic rings. The average Bonchev–Trinajstić information content (AvgIpc) is 3.45. The molecule has 0 aliphatic carbocycles. The van der Waals surface area contributed by atoms with Gasteiger partial charge in [-0.25, -0.2) is 9.78 Å². The fourth-order valence-electron chi connectivity index (χ4n) is 3.88. The average molecular weight is 590 g/mol. The second-order valence-electron chi connectivity index (χ2n) is 9.33. The summed E-state index contributed by atoms with van der Waals surface area (Å²) in [6.07, 6.45) is 5.86. The highest BCUT2D eigenvalue weighted by Crippen LogP contribution is 2.08. The summed E-state index contributed by atoms with van der Waals surface area (Å²) in [5.74, 6) is -2.61. The number of nitrogens with two attached hydrogens (primary N) is 3. The van der Waals surface area contributed by atoms with Gasteiger partial charge in [0.2, 0.25) is 17.7 Å². The summed E-state index contributed by atoms with van der Waals surface area (Å²) in [6.45, 7) is 0.198. The van der Waals surface area contributed by atoms with Gasteiger partial charge in [0.1, 0.15) is 18.1 Å². The molecule has 0 bridgehead atoms. The number of imidazole rings is 1. The molecular formula is C26H39N9O5S. The number of amides is 3. The molecule has 0 aliphatic rings. The number of aromatic nitrogens is 2. The largest absolute Gasteiger partial charge is 0.480 e. The number of hydrogen-bond donors (Lipinski definition) is 8. The minimum atomic E-state index is -1.23. The second-order valence-corrected chi connectivity index (χ2v) is 10.3. The molecule has 41 heavy (non-hydrogen) atoms. The molecule has 3 amide bonds. The SMILES string of the molecule is CSCCC(NC(=O)C(N)Cc1cnc[nH]1)C(=O)NC(CCCN=C(N)N)C(=O)NC(Cc1ccccc1)C(=O)O. The van der Waals surface area contributed by atoms with Gasteiger partial charge in [-0.2, -0.15) is 11.8 Å². The van der Waals surface area contributed by atoms with E-state index in [0.717, 1.165) is 5.56 Å². The zero-order chi connectivity index (χ0) is 30.2. The monoisotopic (exact) mass is 589 g/mol. The van der Waals surface area contributed by atoms with Crippen LogP contribution in [0.25, 0.3) is 0 Å². The lowest BCUT2D eigenvalue weighted by Gasteiger charge is -2.25. The van der Waals surface area contributed by atoms with Crippen molar-refractivity contribution in [3.8, 4) is 0 Å². The van der Waals surface area contributed by atoms with Crippen molar-refractivity contribution in [1.29, 1.82) is 0 Å². The van der Waals surface area contributed by atoms with Crippen LogP contribution in [-0.4, -0.2) is 87.4 Å². The number of aliphatic imine (C=N–C) groups is 1. The number of carbonyl (C=O) groups is 4. The summed E-state index contributed by atoms with van der Waals surface area (Å²) >= 11 is 1.49. The van der Waals surface area contributed by atoms with Gasteiger partial charge in [0.05, 0.1) is 12.4 Å². The number of benzene rings is 1. The van der Waals surface area contributed by atoms with Gasteiger partial charge in [0, 0.05) is 31.3 Å². The number of carboxylic acid groups (broad SMARTS) is 1. The number of hydrogen-bond acceptors (Lipinski definition) is 8. The van der Waals surface area contributed by atoms with Crippen molar-refractivity contribution >= 4 is 41.4 Å². The Morgan fingerprint density at radius 2 is 1.61 bits per heavy atom. The van der Waals surface area contributed by atoms with Crippen LogP contribution in [0.1, 0.15) is 30.5 Å². The first-order valence-electron chi connectivity index (χ1n) is 13.1. The lowest BCUT2D eigenvalue weighted by Crippen LogP contribution is -2.57. The summed E-state index contributed by atoms with van der Waals surface area (Å²) in [5, 5.41) is 17.6. The number of H-pyrrole nitrogens is 1. The zero-order valence-electron chi connectivity index (χ0n) is 22.9. The van der Waals surface area contributed by atoms with E-state index >= 15 is 0 Å². The number of nitrogens with zero attached hydrogens (tertiary/aromatic N) is 2. The fourth-order valence-corrected chi connectivity index (χ4v) is 4.35. The third kappa shape index (κ3) is 12.3. The minimum Gasteiger partial charge on any atom is -0.480 e. The zero-order valence-corrected chi connectivity index (χ0v) is 23.7. The predicted octanol–water partition coefficient (Wildman–Crippen LogP) is -1.13. The maximum absolute atomic E-state index is 13.3. The van der Waals surface area contributed by atoms with Crippen LogP contribution in [0, 0.1) is 0 Å². The van der Waals surface area contributed by atoms with Crippen molar-refractivity contribution in [1.82, 2.24) is 25.9 Å². The quantitative estimate of drug-likeness (QED) is 0.0590. The van der Waals surface area contributed by atoms with Crippen molar-refractivity contribution in [3.63, 3.8) is 0 Å². The summed E-state index contributed by atoms with van der Waals surface area (Å²) in [6, 6.07) is 4.61. The van der Waals surface area contributed by atoms with E-state index in [1.54, 1.807) is 36.5 Å². The molecule has 1 heterocycles. The summed E-state index contributed by atoms with van der Waals surface area (Å²) in [5.41, 5.74) is 18.2. The van der Waals surface area contributed by atoms with Gasteiger partial charge in [-0.3, -0.25) is 19.4 Å². The maximum atomic E-state index is 13.3. The highest BCUT2D eigenvalue weighted by molar-refractivity contribution is 7.98. The van der Waals surface area contributed by atoms with Crippen LogP contribution >= 0.6 is 11.8 Å². The van der Waals surface area contributed by atoms with Crippen LogP contribution in [0.4, 0.5) is 0 Å². The molecule has 4 atom stereocenters. The second kappa shape index (κ2) is 17.6. The number of rotatable bonds is 18. The molecule has 11 N–H and O–H groups in total. The number of aliphatic carboxylic acids is 1. The first-order valence-corrected chi connectivity index (χ1v) is 14.4. The molecule has 2 rings (SSSR count). The van der Waals surface area contributed by atoms with Crippen LogP contribution in [0.5, 0.6) is 0 Å². The van der Waals surface area contributed by atoms with Gasteiger partial charge < -0.3 is 43.2 Å². The molecule has 4 unspecified atom stereocenters. The van der Waals surface area contributed by atoms with E-state index in [1.807, 2.05) is 6.26 Å². The minimum absolute atomic E-state index is 0.0528. The highest BCUT2D eigenvalue weighted by atomic mass is 32.2. The van der Waals surface area contributed by atoms with E-state index in [0.29, 0.717) is 17.9 Å². The molecule has 0 radical (unpaired) electrons. The van der Waals surface area contributed by atoms with E-state index in [4.69, 9.17) is 17.2 Å². The van der Waals surface area contributed by atoms with Crippen molar-refractivity contribution in [2.24, 2.45) is 22.2 Å². The smallest absolute Gasteiger partial charge is 0.326 e. The van der Waals surface area contributed by atoms with Crippen LogP contribution in [-0.2, 0) is 32.0 Å². The fraction of sp³-hybridized carbons (Fsp3) is 0.462. The lowest BCUT2D eigenvalue weighted by molar-refractivity contribution is -0.142. The van der Waals surface area contributed by atoms with Crippen molar-refractivity contribution < 1.29 is 24.3 Å². The molecule has 14 nitrogen and oxygen atoms in total. The number of carboxylic acids is 1. The summed E-state index contributed by atoms with van der Waals surface area (Å²) in [4.78, 5) is 62.0. The standard InChI is InChI=1S/C26H39N9O5S/c1-41-11-9-20(33-22(36)18(27)13-17-14-30-15-32-17)24(38)34-19(8-5-10-31-26(28)29)23(37)35-21(25(39)40)12-16-6-3-2-4-7-16/h2-4,6-7,14-15,18-21H,5,8-13,27H2,1H3,(H,30,32)(H,33,36)(H,34,38)(H,35,37)(H,39,40)(H4,28,29,31). The van der Waals surface area contributed by atoms with E-state index in [-0.39, 0.29) is 38.2 Å². The van der Waals surface area contributed by atoms with Crippen molar-refractivity contribution in [2.45, 2.75) is 56.3 Å². The van der Waals surface area contributed by atoms with Gasteiger partial charge >= 0.3 is 5.97 Å². The number of guanidine groups is 1. The van der Waals surface area contributed by atoms with Gasteiger partial charge in [0.25, 0.3) is 0 Å². The van der Waals surface area contributed by atoms with Crippen LogP contribution in [0.15, 0.2) is 47.8 Å². The lowest BCUT2D eigenvalue weighted by atomic mass is 10.0. The van der Waals surface area contributed by atoms with E-state index in [1.165, 1.54) is 18.1 Å². The maximum Gasteiger partial charge on any atom is 0.326 e. The number of carbonyl (C=O) groups excluding carboxylic acids is 3. The Bertz CT molecular complexity index is 1140. The van der Waals surface area contributed by atoms with Gasteiger partial charge in [0.15, 0.2) is 5.96 Å². The van der Waals surface area contributed by atoms with E-state index in [2.05, 4.69) is 30.9 Å². The van der Waals surface area contributed by atoms with E-state index in [9.17, 15) is 24.3 Å². The Morgan fingerprint density at radius 1 is 0.976 bits per heavy atom. The Hall–Kier alpha value is -4.11. The Morgan fingerprint density at radius 3 is 2.20 bits per heavy atom. The van der Waals surface area contributed by atoms with Crippen LogP contribution in [0.2, 0.25) is 0 Å². The van der Waals surface area contributed by atoms with Gasteiger partial charge in [-0.15, -0.1) is 0 Å². The van der Waals surface area contributed by atoms with Crippen LogP contribution in [0.3, 0.4) is 0 Å². The van der Waals surface area contributed by atoms with Crippen LogP contribution < -0.4 is 33.2 Å². The molecule has 0 spiro atoms. The summed E-state index contributed by atoms with van der Waals surface area (Å²) < 4.78 is 0. The number of thioether (sulfide) groups is 1. The molecular weight excluding hydrogens is 550 g/mol. The normalized spacial score (nSPS) is 13.7. The molecule has 0 saturated carbocycles. The molecule has 1 aromatic heterocycles. The van der Waals surface area contributed by atoms with Gasteiger partial charge in [-0.1, -0.05) is 30.3 Å². The highest BCUT2D eigenvalue weighted by Gasteiger charge is 2.30. The summed E-state index contributed by atoms with van der Waals surface area (Å²) in [7, 11) is 0. The molecule has 0 fully saturated rings. The predicted molar refractivity (Wildman–Crippen MR) is 157 cm³/mol. The molecule has 224 valence electrons. The molecule has 0 saturated heterocycles. The molecule has 1 aromatic carbocycles. The molecule has 15 heteroatoms. The Kier molecular flexibility index (Phi) is 14.2. The van der Waals surface area contributed by atoms with Crippen molar-refractivity contribution in [3.05, 3.63) is 54.1 Å². The first kappa shape index (κ1) is 33.1. The topological polar surface area (TPSA) is 244 Å². The third-order valence-electron chi connectivity index (χ3n) is 6.05.